The molecule has 0 aliphatic carbocycles. The van der Waals surface area contributed by atoms with E-state index in [0.717, 1.165) is 0 Å². The van der Waals surface area contributed by atoms with E-state index in [1.54, 1.807) is 0 Å². The van der Waals surface area contributed by atoms with Gasteiger partial charge in [-0.05, 0) is 9.05 Å². The molecule has 0 saturated heterocycles. The van der Waals surface area contributed by atoms with Crippen molar-refractivity contribution in [3.63, 3.8) is 0 Å². The van der Waals surface area contributed by atoms with Gasteiger partial charge in [-0.2, -0.15) is 0 Å². The first-order valence-corrected chi connectivity index (χ1v) is 0.475. The summed E-state index contributed by atoms with van der Waals surface area (Å²) in [6, 6.07) is 0. The van der Waals surface area contributed by atoms with E-state index in [2.05, 4.69) is 0 Å². The molecular weight excluding hydrogens is 254 g/mol. The zero-order valence-electron chi connectivity index (χ0n) is 1.98. The molecule has 0 aliphatic heterocycles. The predicted octanol–water partition coefficient (Wildman–Crippen LogP) is 0.701. The van der Waals surface area contributed by atoms with Crippen LogP contribution in [-0.4, -0.2) is 0 Å². The summed E-state index contributed by atoms with van der Waals surface area (Å²) in [6.07, 6.45) is 0. The fraction of sp³-hybridized carbons (Fsp3) is 0. The van der Waals surface area contributed by atoms with E-state index in [-0.39, 0.29) is 21.1 Å². The van der Waals surface area contributed by atoms with Crippen molar-refractivity contribution in [2.24, 2.45) is 0 Å². The Labute approximate surface area is 41.1 Å². The molecule has 0 heterocycles. The first-order chi connectivity index (χ1) is 1.91. The Morgan fingerprint density at radius 2 is 1.20 bits per heavy atom. The summed E-state index contributed by atoms with van der Waals surface area (Å²) in [6.45, 7) is 0. The van der Waals surface area contributed by atoms with Gasteiger partial charge in [0.2, 0.25) is 0 Å². The Morgan fingerprint density at radius 1 is 1.00 bits per heavy atom. The van der Waals surface area contributed by atoms with E-state index < -0.39 is 0 Å². The minimum Gasteiger partial charge on any atom is -0.0122 e. The smallest absolute Gasteiger partial charge is 0.0122 e. The first kappa shape index (κ1) is 9.08. The molecule has 0 unspecified atom stereocenters. The molecule has 0 amide bonds. The van der Waals surface area contributed by atoms with E-state index in [1.165, 1.54) is 0 Å². The van der Waals surface area contributed by atoms with Crippen LogP contribution < -0.4 is 0 Å². The maximum Gasteiger partial charge on any atom is 0.0122 e. The molecule has 0 saturated carbocycles. The van der Waals surface area contributed by atoms with Gasteiger partial charge in [0.25, 0.3) is 0 Å². The topological polar surface area (TPSA) is 18.5 Å². The summed E-state index contributed by atoms with van der Waals surface area (Å²) in [5, 5.41) is 3.75. The molecule has 32 valence electrons. The molecule has 0 spiro atoms. The summed E-state index contributed by atoms with van der Waals surface area (Å²) in [7, 11) is 0. The summed E-state index contributed by atoms with van der Waals surface area (Å²) in [4.78, 5) is 0. The minimum atomic E-state index is 0. The molecule has 0 radical (unpaired) electrons. The van der Waals surface area contributed by atoms with Crippen molar-refractivity contribution in [1.29, 1.82) is 0 Å². The summed E-state index contributed by atoms with van der Waals surface area (Å²) < 4.78 is 19.2. The predicted molar refractivity (Wildman–Crippen MR) is 4.39 cm³/mol. The molecular formula is F2O2W. The SMILES string of the molecule is FOOF.[W]. The molecule has 0 N–H and O–H groups in total. The minimum absolute atomic E-state index is 0. The molecule has 0 bridgehead atoms. The van der Waals surface area contributed by atoms with Crippen LogP contribution >= 0.6 is 0 Å². The molecule has 0 fully saturated rings. The van der Waals surface area contributed by atoms with Crippen molar-refractivity contribution in [3.8, 4) is 0 Å². The Morgan fingerprint density at radius 3 is 1.20 bits per heavy atom. The summed E-state index contributed by atoms with van der Waals surface area (Å²) in [5.74, 6) is 0. The molecule has 2 nitrogen and oxygen atoms in total. The third kappa shape index (κ3) is 12.6. The fourth-order valence-electron chi connectivity index (χ4n) is 0. The molecule has 5 heavy (non-hydrogen) atoms. The van der Waals surface area contributed by atoms with Crippen molar-refractivity contribution in [2.75, 3.05) is 0 Å². The largest absolute Gasteiger partial charge is 0.0122 e. The van der Waals surface area contributed by atoms with Crippen LogP contribution in [0.4, 0.5) is 9.05 Å². The Kier molecular flexibility index (Phi) is 16.0. The number of rotatable bonds is 1. The molecule has 0 aromatic heterocycles. The van der Waals surface area contributed by atoms with E-state index >= 15 is 0 Å². The summed E-state index contributed by atoms with van der Waals surface area (Å²) >= 11 is 0. The van der Waals surface area contributed by atoms with E-state index in [4.69, 9.17) is 0 Å². The Hall–Kier alpha value is 0.468. The maximum atomic E-state index is 9.62. The van der Waals surface area contributed by atoms with Crippen molar-refractivity contribution in [3.05, 3.63) is 0 Å². The molecule has 0 rings (SSSR count). The van der Waals surface area contributed by atoms with Gasteiger partial charge in [-0.25, -0.2) is 0 Å². The van der Waals surface area contributed by atoms with Crippen LogP contribution in [0.1, 0.15) is 0 Å². The molecule has 0 aliphatic rings. The summed E-state index contributed by atoms with van der Waals surface area (Å²) in [5.41, 5.74) is 0. The monoisotopic (exact) mass is 254 g/mol. The third-order valence-corrected chi connectivity index (χ3v) is 0.0238. The van der Waals surface area contributed by atoms with Gasteiger partial charge in [0, 0.05) is 31.2 Å². The van der Waals surface area contributed by atoms with Crippen LogP contribution in [0, 0.1) is 0 Å². The van der Waals surface area contributed by atoms with Crippen LogP contribution in [-0.2, 0) is 31.2 Å². The van der Waals surface area contributed by atoms with Gasteiger partial charge in [0.1, 0.15) is 0 Å². The second-order valence-electron chi connectivity index (χ2n) is 0.126. The average Bonchev–Trinajstić information content (AvgIpc) is 1.37. The van der Waals surface area contributed by atoms with Crippen molar-refractivity contribution < 1.29 is 40.3 Å². The molecule has 5 heteroatoms. The average molecular weight is 254 g/mol. The second kappa shape index (κ2) is 8.82. The van der Waals surface area contributed by atoms with E-state index in [0.29, 0.717) is 0 Å². The normalized spacial score (nSPS) is 6.00. The standard InChI is InChI=1S/F2O2.W/c1-3-4-2;. The van der Waals surface area contributed by atoms with E-state index in [1.807, 2.05) is 10.2 Å². The fourth-order valence-corrected chi connectivity index (χ4v) is 0. The van der Waals surface area contributed by atoms with Crippen LogP contribution in [0.3, 0.4) is 0 Å². The van der Waals surface area contributed by atoms with Crippen LogP contribution in [0.15, 0.2) is 0 Å². The molecule has 0 atom stereocenters. The van der Waals surface area contributed by atoms with Gasteiger partial charge in [0.15, 0.2) is 0 Å². The quantitative estimate of drug-likeness (QED) is 0.506. The van der Waals surface area contributed by atoms with Crippen molar-refractivity contribution in [1.82, 2.24) is 0 Å². The zero-order valence-corrected chi connectivity index (χ0v) is 4.91. The van der Waals surface area contributed by atoms with Gasteiger partial charge in [-0.1, -0.05) is 0 Å². The second-order valence-corrected chi connectivity index (χ2v) is 0.126. The van der Waals surface area contributed by atoms with Crippen LogP contribution in [0.25, 0.3) is 0 Å². The van der Waals surface area contributed by atoms with Crippen LogP contribution in [0.5, 0.6) is 0 Å². The van der Waals surface area contributed by atoms with Gasteiger partial charge in [-0.15, -0.1) is 0 Å². The first-order valence-electron chi connectivity index (χ1n) is 0.475. The zero-order chi connectivity index (χ0) is 3.41. The number of halogens is 2. The van der Waals surface area contributed by atoms with Gasteiger partial charge < -0.3 is 0 Å². The Balaban J connectivity index is 0. The van der Waals surface area contributed by atoms with E-state index in [9.17, 15) is 9.05 Å². The van der Waals surface area contributed by atoms with Gasteiger partial charge in [-0.3, -0.25) is 0 Å². The third-order valence-electron chi connectivity index (χ3n) is 0.0238. The van der Waals surface area contributed by atoms with Crippen molar-refractivity contribution in [2.45, 2.75) is 0 Å². The molecule has 0 aromatic carbocycles. The number of hydrogen-bond donors (Lipinski definition) is 0. The van der Waals surface area contributed by atoms with Crippen LogP contribution in [0.2, 0.25) is 0 Å². The van der Waals surface area contributed by atoms with Crippen molar-refractivity contribution >= 4 is 0 Å². The molecule has 0 aromatic rings. The number of hydrogen-bond acceptors (Lipinski definition) is 2. The Bertz CT molecular complexity index is 9.61. The van der Waals surface area contributed by atoms with Gasteiger partial charge >= 0.3 is 0 Å². The van der Waals surface area contributed by atoms with Gasteiger partial charge in [0.05, 0.1) is 0 Å². The maximum absolute atomic E-state index is 9.62.